The van der Waals surface area contributed by atoms with Crippen molar-refractivity contribution in [3.8, 4) is 0 Å². The van der Waals surface area contributed by atoms with Gasteiger partial charge in [0.25, 0.3) is 0 Å². The first-order valence-electron chi connectivity index (χ1n) is 7.77. The third-order valence-electron chi connectivity index (χ3n) is 3.26. The largest absolute Gasteiger partial charge is 0.444 e. The molecule has 0 N–H and O–H groups in total. The molecule has 1 atom stereocenters. The van der Waals surface area contributed by atoms with Gasteiger partial charge in [0.2, 0.25) is 0 Å². The molecule has 0 spiro atoms. The molecule has 6 heteroatoms. The summed E-state index contributed by atoms with van der Waals surface area (Å²) in [5.41, 5.74) is 0.161. The zero-order valence-corrected chi connectivity index (χ0v) is 14.8. The molecular weight excluding hydrogens is 314 g/mol. The Labute approximate surface area is 140 Å². The lowest BCUT2D eigenvalue weighted by atomic mass is 10.1. The summed E-state index contributed by atoms with van der Waals surface area (Å²) in [7, 11) is 0. The van der Waals surface area contributed by atoms with Crippen LogP contribution >= 0.6 is 11.3 Å². The fourth-order valence-electron chi connectivity index (χ4n) is 2.31. The van der Waals surface area contributed by atoms with E-state index in [1.54, 1.807) is 20.8 Å². The van der Waals surface area contributed by atoms with Gasteiger partial charge in [-0.25, -0.2) is 4.79 Å². The molecule has 0 fully saturated rings. The Bertz CT molecular complexity index is 586. The summed E-state index contributed by atoms with van der Waals surface area (Å²) in [5.74, 6) is 0.344. The number of carbonyl (C=O) groups excluding carboxylic acids is 2. The Balaban J connectivity index is 2.28. The molecule has 0 unspecified atom stereocenters. The fraction of sp³-hybridized carbons (Fsp3) is 0.529. The monoisotopic (exact) mass is 337 g/mol. The number of ether oxygens (including phenoxy) is 1. The molecule has 2 heterocycles. The van der Waals surface area contributed by atoms with Crippen LogP contribution in [0.15, 0.2) is 22.9 Å². The number of nitrogens with zero attached hydrogens (tertiary/aromatic N) is 1. The SMILES string of the molecule is CCC[C@H]1CC(=O)C=C(c2ccsc2)ON1C(=O)OC(C)(C)C. The highest BCUT2D eigenvalue weighted by atomic mass is 32.1. The number of thiophene rings is 1. The van der Waals surface area contributed by atoms with Crippen LogP contribution in [0.25, 0.3) is 5.76 Å². The van der Waals surface area contributed by atoms with Gasteiger partial charge >= 0.3 is 6.09 Å². The Hall–Kier alpha value is -1.82. The van der Waals surface area contributed by atoms with Crippen molar-refractivity contribution in [2.75, 3.05) is 0 Å². The van der Waals surface area contributed by atoms with E-state index in [1.807, 2.05) is 23.8 Å². The second-order valence-corrected chi connectivity index (χ2v) is 7.31. The zero-order chi connectivity index (χ0) is 17.0. The van der Waals surface area contributed by atoms with Crippen LogP contribution in [0.2, 0.25) is 0 Å². The first-order chi connectivity index (χ1) is 10.8. The Morgan fingerprint density at radius 3 is 2.78 bits per heavy atom. The number of carbonyl (C=O) groups is 2. The van der Waals surface area contributed by atoms with E-state index in [0.717, 1.165) is 12.0 Å². The highest BCUT2D eigenvalue weighted by Gasteiger charge is 2.34. The minimum Gasteiger partial charge on any atom is -0.442 e. The van der Waals surface area contributed by atoms with E-state index < -0.39 is 11.7 Å². The topological polar surface area (TPSA) is 55.8 Å². The maximum Gasteiger partial charge on any atom is 0.444 e. The summed E-state index contributed by atoms with van der Waals surface area (Å²) < 4.78 is 5.44. The number of rotatable bonds is 3. The van der Waals surface area contributed by atoms with Gasteiger partial charge in [-0.3, -0.25) is 4.79 Å². The first-order valence-corrected chi connectivity index (χ1v) is 8.71. The fourth-order valence-corrected chi connectivity index (χ4v) is 2.96. The second-order valence-electron chi connectivity index (χ2n) is 6.53. The van der Waals surface area contributed by atoms with Crippen LogP contribution in [-0.4, -0.2) is 28.6 Å². The van der Waals surface area contributed by atoms with Crippen molar-refractivity contribution >= 4 is 29.0 Å². The summed E-state index contributed by atoms with van der Waals surface area (Å²) >= 11 is 1.51. The lowest BCUT2D eigenvalue weighted by Crippen LogP contribution is -2.43. The van der Waals surface area contributed by atoms with Gasteiger partial charge in [-0.2, -0.15) is 11.3 Å². The predicted octanol–water partition coefficient (Wildman–Crippen LogP) is 4.40. The molecule has 2 rings (SSSR count). The average molecular weight is 337 g/mol. The van der Waals surface area contributed by atoms with Crippen LogP contribution < -0.4 is 0 Å². The third kappa shape index (κ3) is 4.82. The lowest BCUT2D eigenvalue weighted by Gasteiger charge is -2.31. The second kappa shape index (κ2) is 7.17. The molecular formula is C17H23NO4S. The van der Waals surface area contributed by atoms with Crippen LogP contribution in [-0.2, 0) is 14.4 Å². The third-order valence-corrected chi connectivity index (χ3v) is 3.94. The van der Waals surface area contributed by atoms with Gasteiger partial charge in [-0.15, -0.1) is 5.06 Å². The Morgan fingerprint density at radius 2 is 2.22 bits per heavy atom. The maximum atomic E-state index is 12.5. The number of amides is 1. The molecule has 0 radical (unpaired) electrons. The van der Waals surface area contributed by atoms with Gasteiger partial charge in [0.05, 0.1) is 6.04 Å². The molecule has 0 bridgehead atoms. The van der Waals surface area contributed by atoms with E-state index in [-0.39, 0.29) is 18.2 Å². The number of hydrogen-bond acceptors (Lipinski definition) is 5. The molecule has 1 aromatic heterocycles. The summed E-state index contributed by atoms with van der Waals surface area (Å²) in [4.78, 5) is 30.5. The van der Waals surface area contributed by atoms with Crippen molar-refractivity contribution in [2.24, 2.45) is 0 Å². The van der Waals surface area contributed by atoms with Crippen molar-refractivity contribution < 1.29 is 19.2 Å². The minimum atomic E-state index is -0.625. The lowest BCUT2D eigenvalue weighted by molar-refractivity contribution is -0.126. The van der Waals surface area contributed by atoms with Crippen molar-refractivity contribution in [1.82, 2.24) is 5.06 Å². The molecule has 1 aliphatic rings. The van der Waals surface area contributed by atoms with E-state index in [4.69, 9.17) is 9.57 Å². The molecule has 23 heavy (non-hydrogen) atoms. The summed E-state index contributed by atoms with van der Waals surface area (Å²) in [6.45, 7) is 7.42. The summed E-state index contributed by atoms with van der Waals surface area (Å²) in [6.07, 6.45) is 2.66. The highest BCUT2D eigenvalue weighted by Crippen LogP contribution is 2.28. The number of ketones is 1. The molecule has 0 saturated carbocycles. The standard InChI is InChI=1S/C17H23NO4S/c1-5-6-13-9-14(19)10-15(12-7-8-23-11-12)22-18(13)16(20)21-17(2,3)4/h7-8,10-11,13H,5-6,9H2,1-4H3/t13-/m0/s1. The average Bonchev–Trinajstić information content (AvgIpc) is 2.89. The molecule has 0 aliphatic carbocycles. The van der Waals surface area contributed by atoms with Gasteiger partial charge in [0.1, 0.15) is 5.60 Å². The van der Waals surface area contributed by atoms with Gasteiger partial charge in [-0.1, -0.05) is 13.3 Å². The minimum absolute atomic E-state index is 0.0456. The van der Waals surface area contributed by atoms with Crippen LogP contribution in [0.3, 0.4) is 0 Å². The van der Waals surface area contributed by atoms with Crippen LogP contribution in [0, 0.1) is 0 Å². The molecule has 0 saturated heterocycles. The van der Waals surface area contributed by atoms with Gasteiger partial charge in [0.15, 0.2) is 11.5 Å². The Morgan fingerprint density at radius 1 is 1.48 bits per heavy atom. The smallest absolute Gasteiger partial charge is 0.442 e. The molecule has 126 valence electrons. The van der Waals surface area contributed by atoms with Crippen molar-refractivity contribution in [2.45, 2.75) is 58.6 Å². The van der Waals surface area contributed by atoms with Crippen LogP contribution in [0.5, 0.6) is 0 Å². The molecule has 0 aromatic carbocycles. The van der Waals surface area contributed by atoms with Crippen molar-refractivity contribution in [3.63, 3.8) is 0 Å². The normalized spacial score (nSPS) is 19.0. The van der Waals surface area contributed by atoms with Crippen LogP contribution in [0.4, 0.5) is 4.79 Å². The highest BCUT2D eigenvalue weighted by molar-refractivity contribution is 7.08. The molecule has 1 aromatic rings. The van der Waals surface area contributed by atoms with Gasteiger partial charge in [0, 0.05) is 23.4 Å². The summed E-state index contributed by atoms with van der Waals surface area (Å²) in [5, 5.41) is 5.01. The first kappa shape index (κ1) is 17.5. The van der Waals surface area contributed by atoms with E-state index in [1.165, 1.54) is 22.5 Å². The van der Waals surface area contributed by atoms with E-state index in [0.29, 0.717) is 12.2 Å². The molecule has 1 aliphatic heterocycles. The maximum absolute atomic E-state index is 12.5. The Kier molecular flexibility index (Phi) is 5.46. The molecule has 1 amide bonds. The quantitative estimate of drug-likeness (QED) is 0.820. The van der Waals surface area contributed by atoms with E-state index in [2.05, 4.69) is 0 Å². The van der Waals surface area contributed by atoms with Crippen LogP contribution in [0.1, 0.15) is 52.5 Å². The van der Waals surface area contributed by atoms with Gasteiger partial charge < -0.3 is 9.57 Å². The number of hydroxylamine groups is 2. The number of allylic oxidation sites excluding steroid dienone is 1. The zero-order valence-electron chi connectivity index (χ0n) is 14.0. The van der Waals surface area contributed by atoms with Crippen molar-refractivity contribution in [1.29, 1.82) is 0 Å². The molecule has 5 nitrogen and oxygen atoms in total. The predicted molar refractivity (Wildman–Crippen MR) is 89.8 cm³/mol. The summed E-state index contributed by atoms with van der Waals surface area (Å²) in [6, 6.07) is 1.53. The van der Waals surface area contributed by atoms with Gasteiger partial charge in [-0.05, 0) is 38.6 Å². The van der Waals surface area contributed by atoms with Crippen molar-refractivity contribution in [3.05, 3.63) is 28.5 Å². The number of hydrogen-bond donors (Lipinski definition) is 0. The van der Waals surface area contributed by atoms with E-state index >= 15 is 0 Å². The van der Waals surface area contributed by atoms with E-state index in [9.17, 15) is 9.59 Å².